The SMILES string of the molecule is O=c1[nH]ccn2nc(-c3ccncc3)cc12. The Morgan fingerprint density at radius 1 is 1.25 bits per heavy atom. The minimum atomic E-state index is -0.143. The van der Waals surface area contributed by atoms with E-state index in [-0.39, 0.29) is 5.56 Å². The highest BCUT2D eigenvalue weighted by molar-refractivity contribution is 5.64. The third-order valence-corrected chi connectivity index (χ3v) is 2.37. The lowest BCUT2D eigenvalue weighted by Gasteiger charge is -1.92. The number of aromatic nitrogens is 4. The van der Waals surface area contributed by atoms with Crippen LogP contribution in [-0.4, -0.2) is 19.6 Å². The predicted octanol–water partition coefficient (Wildman–Crippen LogP) is 1.08. The van der Waals surface area contributed by atoms with E-state index in [2.05, 4.69) is 15.1 Å². The van der Waals surface area contributed by atoms with Crippen molar-refractivity contribution in [3.63, 3.8) is 0 Å². The Morgan fingerprint density at radius 3 is 2.81 bits per heavy atom. The maximum Gasteiger partial charge on any atom is 0.273 e. The molecule has 0 aliphatic carbocycles. The van der Waals surface area contributed by atoms with Crippen molar-refractivity contribution in [3.05, 3.63) is 53.3 Å². The molecule has 0 saturated heterocycles. The Bertz CT molecular complexity index is 684. The van der Waals surface area contributed by atoms with Crippen molar-refractivity contribution in [1.82, 2.24) is 19.6 Å². The fourth-order valence-corrected chi connectivity index (χ4v) is 1.60. The second-order valence-electron chi connectivity index (χ2n) is 3.38. The molecule has 0 spiro atoms. The number of rotatable bonds is 1. The summed E-state index contributed by atoms with van der Waals surface area (Å²) in [5.74, 6) is 0. The zero-order valence-corrected chi connectivity index (χ0v) is 8.29. The van der Waals surface area contributed by atoms with Gasteiger partial charge < -0.3 is 4.98 Å². The van der Waals surface area contributed by atoms with Gasteiger partial charge in [-0.25, -0.2) is 4.52 Å². The number of hydrogen-bond donors (Lipinski definition) is 1. The molecule has 0 bridgehead atoms. The summed E-state index contributed by atoms with van der Waals surface area (Å²) in [5, 5.41) is 4.31. The molecule has 0 amide bonds. The molecule has 0 unspecified atom stereocenters. The van der Waals surface area contributed by atoms with E-state index in [1.165, 1.54) is 0 Å². The van der Waals surface area contributed by atoms with E-state index >= 15 is 0 Å². The first-order valence-corrected chi connectivity index (χ1v) is 4.82. The molecule has 3 heterocycles. The molecule has 3 aromatic heterocycles. The first kappa shape index (κ1) is 8.84. The minimum absolute atomic E-state index is 0.143. The van der Waals surface area contributed by atoms with Gasteiger partial charge in [0.1, 0.15) is 5.52 Å². The van der Waals surface area contributed by atoms with Crippen LogP contribution in [0, 0.1) is 0 Å². The lowest BCUT2D eigenvalue weighted by atomic mass is 10.2. The molecule has 3 aromatic rings. The molecule has 5 nitrogen and oxygen atoms in total. The Morgan fingerprint density at radius 2 is 2.06 bits per heavy atom. The van der Waals surface area contributed by atoms with Crippen molar-refractivity contribution in [2.45, 2.75) is 0 Å². The summed E-state index contributed by atoms with van der Waals surface area (Å²) in [6.07, 6.45) is 6.67. The first-order chi connectivity index (χ1) is 7.84. The summed E-state index contributed by atoms with van der Waals surface area (Å²) in [6, 6.07) is 5.47. The van der Waals surface area contributed by atoms with Gasteiger partial charge in [-0.1, -0.05) is 0 Å². The van der Waals surface area contributed by atoms with Crippen molar-refractivity contribution in [3.8, 4) is 11.3 Å². The summed E-state index contributed by atoms with van der Waals surface area (Å²) < 4.78 is 1.56. The van der Waals surface area contributed by atoms with Crippen LogP contribution < -0.4 is 5.56 Å². The van der Waals surface area contributed by atoms with Gasteiger partial charge in [-0.3, -0.25) is 9.78 Å². The highest BCUT2D eigenvalue weighted by atomic mass is 16.1. The van der Waals surface area contributed by atoms with Crippen LogP contribution in [0.3, 0.4) is 0 Å². The molecule has 0 radical (unpaired) electrons. The Balaban J connectivity index is 2.28. The third kappa shape index (κ3) is 1.30. The number of nitrogens with zero attached hydrogens (tertiary/aromatic N) is 3. The van der Waals surface area contributed by atoms with Crippen LogP contribution in [0.4, 0.5) is 0 Å². The van der Waals surface area contributed by atoms with E-state index < -0.39 is 0 Å². The molecule has 0 saturated carbocycles. The average Bonchev–Trinajstić information content (AvgIpc) is 2.76. The van der Waals surface area contributed by atoms with E-state index in [4.69, 9.17) is 0 Å². The van der Waals surface area contributed by atoms with Crippen molar-refractivity contribution < 1.29 is 0 Å². The van der Waals surface area contributed by atoms with Gasteiger partial charge in [-0.05, 0) is 18.2 Å². The van der Waals surface area contributed by atoms with Gasteiger partial charge in [-0.15, -0.1) is 0 Å². The fourth-order valence-electron chi connectivity index (χ4n) is 1.60. The van der Waals surface area contributed by atoms with Gasteiger partial charge in [0.05, 0.1) is 5.69 Å². The van der Waals surface area contributed by atoms with Crippen LogP contribution in [0.15, 0.2) is 47.8 Å². The predicted molar refractivity (Wildman–Crippen MR) is 59.0 cm³/mol. The molecule has 0 fully saturated rings. The molecular formula is C11H8N4O. The van der Waals surface area contributed by atoms with Crippen LogP contribution in [0.2, 0.25) is 0 Å². The Kier molecular flexibility index (Phi) is 1.83. The standard InChI is InChI=1S/C11H8N4O/c16-11-10-7-9(8-1-3-12-4-2-8)14-15(10)6-5-13-11/h1-7H,(H,13,16). The maximum absolute atomic E-state index is 11.5. The van der Waals surface area contributed by atoms with Gasteiger partial charge in [0.15, 0.2) is 0 Å². The number of pyridine rings is 1. The zero-order valence-electron chi connectivity index (χ0n) is 8.29. The van der Waals surface area contributed by atoms with Crippen molar-refractivity contribution in [1.29, 1.82) is 0 Å². The molecule has 0 atom stereocenters. The summed E-state index contributed by atoms with van der Waals surface area (Å²) in [4.78, 5) is 18.0. The number of aromatic amines is 1. The zero-order chi connectivity index (χ0) is 11.0. The highest BCUT2D eigenvalue weighted by Crippen LogP contribution is 2.16. The molecule has 0 aliphatic heterocycles. The molecule has 0 aliphatic rings. The average molecular weight is 212 g/mol. The fraction of sp³-hybridized carbons (Fsp3) is 0. The second kappa shape index (κ2) is 3.30. The van der Waals surface area contributed by atoms with Crippen LogP contribution >= 0.6 is 0 Å². The molecule has 16 heavy (non-hydrogen) atoms. The molecular weight excluding hydrogens is 204 g/mol. The monoisotopic (exact) mass is 212 g/mol. The van der Waals surface area contributed by atoms with Gasteiger partial charge in [0.2, 0.25) is 0 Å². The number of fused-ring (bicyclic) bond motifs is 1. The third-order valence-electron chi connectivity index (χ3n) is 2.37. The van der Waals surface area contributed by atoms with E-state index in [9.17, 15) is 4.79 Å². The highest BCUT2D eigenvalue weighted by Gasteiger charge is 2.05. The van der Waals surface area contributed by atoms with Crippen molar-refractivity contribution >= 4 is 5.52 Å². The molecule has 78 valence electrons. The minimum Gasteiger partial charge on any atom is -0.326 e. The van der Waals surface area contributed by atoms with E-state index in [1.807, 2.05) is 12.1 Å². The van der Waals surface area contributed by atoms with E-state index in [0.717, 1.165) is 11.3 Å². The number of H-pyrrole nitrogens is 1. The van der Waals surface area contributed by atoms with Gasteiger partial charge in [0, 0.05) is 30.4 Å². The summed E-state index contributed by atoms with van der Waals surface area (Å²) in [5.41, 5.74) is 2.10. The molecule has 0 aromatic carbocycles. The van der Waals surface area contributed by atoms with Crippen molar-refractivity contribution in [2.24, 2.45) is 0 Å². The molecule has 5 heteroatoms. The number of hydrogen-bond acceptors (Lipinski definition) is 3. The normalized spacial score (nSPS) is 10.8. The van der Waals surface area contributed by atoms with Crippen LogP contribution in [0.5, 0.6) is 0 Å². The van der Waals surface area contributed by atoms with Crippen LogP contribution in [0.1, 0.15) is 0 Å². The van der Waals surface area contributed by atoms with E-state index in [1.54, 1.807) is 35.4 Å². The van der Waals surface area contributed by atoms with E-state index in [0.29, 0.717) is 5.52 Å². The van der Waals surface area contributed by atoms with Crippen molar-refractivity contribution in [2.75, 3.05) is 0 Å². The largest absolute Gasteiger partial charge is 0.326 e. The smallest absolute Gasteiger partial charge is 0.273 e. The summed E-state index contributed by atoms with van der Waals surface area (Å²) in [6.45, 7) is 0. The molecule has 1 N–H and O–H groups in total. The second-order valence-corrected chi connectivity index (χ2v) is 3.38. The quantitative estimate of drug-likeness (QED) is 0.656. The van der Waals surface area contributed by atoms with Crippen LogP contribution in [-0.2, 0) is 0 Å². The Hall–Kier alpha value is -2.43. The van der Waals surface area contributed by atoms with Crippen LogP contribution in [0.25, 0.3) is 16.8 Å². The van der Waals surface area contributed by atoms with Gasteiger partial charge in [0.25, 0.3) is 5.56 Å². The topological polar surface area (TPSA) is 63.0 Å². The summed E-state index contributed by atoms with van der Waals surface area (Å²) >= 11 is 0. The first-order valence-electron chi connectivity index (χ1n) is 4.82. The lowest BCUT2D eigenvalue weighted by molar-refractivity contribution is 0.939. The van der Waals surface area contributed by atoms with Gasteiger partial charge in [-0.2, -0.15) is 5.10 Å². The summed E-state index contributed by atoms with van der Waals surface area (Å²) in [7, 11) is 0. The van der Waals surface area contributed by atoms with Gasteiger partial charge >= 0.3 is 0 Å². The Labute approximate surface area is 90.4 Å². The lowest BCUT2D eigenvalue weighted by Crippen LogP contribution is -2.07. The molecule has 3 rings (SSSR count). The number of nitrogens with one attached hydrogen (secondary N) is 1. The maximum atomic E-state index is 11.5.